The normalized spacial score (nSPS) is 23.8. The van der Waals surface area contributed by atoms with Gasteiger partial charge in [-0.2, -0.15) is 0 Å². The molecule has 3 heterocycles. The molecule has 1 amide bonds. The van der Waals surface area contributed by atoms with E-state index in [0.717, 1.165) is 12.8 Å². The highest BCUT2D eigenvalue weighted by Crippen LogP contribution is 2.33. The van der Waals surface area contributed by atoms with Gasteiger partial charge in [-0.25, -0.2) is 4.98 Å². The van der Waals surface area contributed by atoms with Crippen LogP contribution < -0.4 is 10.9 Å². The molecule has 1 aromatic heterocycles. The monoisotopic (exact) mass is 390 g/mol. The zero-order valence-electron chi connectivity index (χ0n) is 15.6. The highest BCUT2D eigenvalue weighted by molar-refractivity contribution is 5.85. The molecule has 0 aliphatic carbocycles. The summed E-state index contributed by atoms with van der Waals surface area (Å²) in [5.41, 5.74) is 0.522. The highest BCUT2D eigenvalue weighted by Gasteiger charge is 2.34. The number of hydrogen-bond donors (Lipinski definition) is 2. The van der Waals surface area contributed by atoms with Crippen LogP contribution in [0.25, 0.3) is 10.9 Å². The fourth-order valence-electron chi connectivity index (χ4n) is 4.48. The van der Waals surface area contributed by atoms with Crippen molar-refractivity contribution in [3.8, 4) is 0 Å². The fraction of sp³-hybridized carbons (Fsp3) is 0.550. The van der Waals surface area contributed by atoms with Crippen molar-refractivity contribution in [1.29, 1.82) is 0 Å². The molecule has 2 bridgehead atoms. The second kappa shape index (κ2) is 8.40. The Labute approximate surface area is 165 Å². The first kappa shape index (κ1) is 19.8. The largest absolute Gasteiger partial charge is 0.335 e. The second-order valence-corrected chi connectivity index (χ2v) is 7.62. The van der Waals surface area contributed by atoms with E-state index in [1.54, 1.807) is 11.0 Å². The Morgan fingerprint density at radius 3 is 2.63 bits per heavy atom. The lowest BCUT2D eigenvalue weighted by atomic mass is 9.89. The van der Waals surface area contributed by atoms with Crippen LogP contribution in [0.5, 0.6) is 0 Å². The van der Waals surface area contributed by atoms with E-state index in [4.69, 9.17) is 0 Å². The predicted octanol–water partition coefficient (Wildman–Crippen LogP) is 2.61. The summed E-state index contributed by atoms with van der Waals surface area (Å²) in [6, 6.07) is 8.48. The minimum absolute atomic E-state index is 0. The number of para-hydroxylation sites is 1. The molecule has 1 aromatic carbocycles. The molecule has 4 rings (SSSR count). The van der Waals surface area contributed by atoms with Crippen molar-refractivity contribution in [2.75, 3.05) is 6.54 Å². The van der Waals surface area contributed by atoms with Gasteiger partial charge >= 0.3 is 0 Å². The fourth-order valence-corrected chi connectivity index (χ4v) is 4.48. The van der Waals surface area contributed by atoms with E-state index in [0.29, 0.717) is 54.2 Å². The molecule has 2 aromatic rings. The predicted molar refractivity (Wildman–Crippen MR) is 108 cm³/mol. The Kier molecular flexibility index (Phi) is 6.17. The number of nitrogens with zero attached hydrogens (tertiary/aromatic N) is 2. The third-order valence-corrected chi connectivity index (χ3v) is 5.77. The molecule has 0 radical (unpaired) electrons. The van der Waals surface area contributed by atoms with Crippen LogP contribution >= 0.6 is 12.4 Å². The van der Waals surface area contributed by atoms with E-state index in [-0.39, 0.29) is 23.9 Å². The van der Waals surface area contributed by atoms with Crippen molar-refractivity contribution in [3.63, 3.8) is 0 Å². The van der Waals surface area contributed by atoms with Gasteiger partial charge in [0.2, 0.25) is 5.91 Å². The molecule has 6 nitrogen and oxygen atoms in total. The average molecular weight is 391 g/mol. The molecule has 2 aliphatic heterocycles. The Morgan fingerprint density at radius 1 is 1.22 bits per heavy atom. The van der Waals surface area contributed by atoms with Crippen molar-refractivity contribution in [2.45, 2.75) is 57.7 Å². The summed E-state index contributed by atoms with van der Waals surface area (Å²) >= 11 is 0. The van der Waals surface area contributed by atoms with Crippen LogP contribution in [0, 0.1) is 5.92 Å². The van der Waals surface area contributed by atoms with Gasteiger partial charge in [-0.15, -0.1) is 12.4 Å². The SMILES string of the molecule is CCN(Cc1nc2ccccc2c(=O)[nH]1)C(=O)CC1CC2CCC(C1)N2.Cl. The molecular formula is C20H27ClN4O2. The van der Waals surface area contributed by atoms with Crippen molar-refractivity contribution in [2.24, 2.45) is 5.92 Å². The molecule has 2 N–H and O–H groups in total. The number of benzene rings is 1. The Hall–Kier alpha value is -1.92. The molecule has 2 fully saturated rings. The van der Waals surface area contributed by atoms with Gasteiger partial charge in [0.15, 0.2) is 0 Å². The van der Waals surface area contributed by atoms with Crippen molar-refractivity contribution < 1.29 is 4.79 Å². The van der Waals surface area contributed by atoms with Gasteiger partial charge in [0, 0.05) is 25.0 Å². The van der Waals surface area contributed by atoms with Gasteiger partial charge in [-0.3, -0.25) is 9.59 Å². The molecule has 2 aliphatic rings. The summed E-state index contributed by atoms with van der Waals surface area (Å²) < 4.78 is 0. The van der Waals surface area contributed by atoms with E-state index in [2.05, 4.69) is 15.3 Å². The van der Waals surface area contributed by atoms with Crippen LogP contribution in [0.1, 0.15) is 44.9 Å². The van der Waals surface area contributed by atoms with E-state index < -0.39 is 0 Å². The number of amides is 1. The highest BCUT2D eigenvalue weighted by atomic mass is 35.5. The number of piperidine rings is 1. The maximum atomic E-state index is 12.8. The molecule has 7 heteroatoms. The number of hydrogen-bond acceptors (Lipinski definition) is 4. The summed E-state index contributed by atoms with van der Waals surface area (Å²) in [5.74, 6) is 1.18. The summed E-state index contributed by atoms with van der Waals surface area (Å²) in [5, 5.41) is 4.20. The quantitative estimate of drug-likeness (QED) is 0.822. The number of nitrogens with one attached hydrogen (secondary N) is 2. The molecular weight excluding hydrogens is 364 g/mol. The van der Waals surface area contributed by atoms with Gasteiger partial charge in [0.25, 0.3) is 5.56 Å². The molecule has 146 valence electrons. The molecule has 27 heavy (non-hydrogen) atoms. The molecule has 2 unspecified atom stereocenters. The minimum Gasteiger partial charge on any atom is -0.335 e. The number of H-pyrrole nitrogens is 1. The topological polar surface area (TPSA) is 78.1 Å². The van der Waals surface area contributed by atoms with Crippen LogP contribution in [0.4, 0.5) is 0 Å². The first-order valence-electron chi connectivity index (χ1n) is 9.64. The number of halogens is 1. The third kappa shape index (κ3) is 4.33. The third-order valence-electron chi connectivity index (χ3n) is 5.77. The average Bonchev–Trinajstić information content (AvgIpc) is 2.98. The molecule has 2 saturated heterocycles. The summed E-state index contributed by atoms with van der Waals surface area (Å²) in [7, 11) is 0. The van der Waals surface area contributed by atoms with E-state index in [1.165, 1.54) is 12.8 Å². The van der Waals surface area contributed by atoms with Gasteiger partial charge in [-0.05, 0) is 50.7 Å². The summed E-state index contributed by atoms with van der Waals surface area (Å²) in [4.78, 5) is 34.2. The number of carbonyl (C=O) groups is 1. The standard InChI is InChI=1S/C20H26N4O2.ClH/c1-2-24(19(25)11-13-9-14-7-8-15(10-13)21-14)12-18-22-17-6-4-3-5-16(17)20(26)23-18;/h3-6,13-15,21H,2,7-12H2,1H3,(H,22,23,26);1H. The summed E-state index contributed by atoms with van der Waals surface area (Å²) in [6.07, 6.45) is 5.29. The Balaban J connectivity index is 0.00000210. The van der Waals surface area contributed by atoms with Gasteiger partial charge in [0.1, 0.15) is 5.82 Å². The van der Waals surface area contributed by atoms with E-state index >= 15 is 0 Å². The van der Waals surface area contributed by atoms with Crippen LogP contribution in [-0.2, 0) is 11.3 Å². The number of aromatic nitrogens is 2. The number of rotatable bonds is 5. The van der Waals surface area contributed by atoms with Crippen molar-refractivity contribution >= 4 is 29.2 Å². The van der Waals surface area contributed by atoms with Crippen LogP contribution in [0.2, 0.25) is 0 Å². The Morgan fingerprint density at radius 2 is 1.93 bits per heavy atom. The first-order chi connectivity index (χ1) is 12.6. The van der Waals surface area contributed by atoms with Crippen molar-refractivity contribution in [3.05, 3.63) is 40.4 Å². The van der Waals surface area contributed by atoms with Gasteiger partial charge < -0.3 is 15.2 Å². The zero-order chi connectivity index (χ0) is 18.1. The summed E-state index contributed by atoms with van der Waals surface area (Å²) in [6.45, 7) is 2.95. The maximum Gasteiger partial charge on any atom is 0.258 e. The number of carbonyl (C=O) groups excluding carboxylic acids is 1. The lowest BCUT2D eigenvalue weighted by Gasteiger charge is -2.30. The number of aromatic amines is 1. The lowest BCUT2D eigenvalue weighted by Crippen LogP contribution is -2.40. The smallest absolute Gasteiger partial charge is 0.258 e. The van der Waals surface area contributed by atoms with Crippen LogP contribution in [0.3, 0.4) is 0 Å². The second-order valence-electron chi connectivity index (χ2n) is 7.62. The van der Waals surface area contributed by atoms with Gasteiger partial charge in [-0.1, -0.05) is 12.1 Å². The number of fused-ring (bicyclic) bond motifs is 3. The molecule has 0 spiro atoms. The first-order valence-corrected chi connectivity index (χ1v) is 9.64. The van der Waals surface area contributed by atoms with E-state index in [9.17, 15) is 9.59 Å². The van der Waals surface area contributed by atoms with Gasteiger partial charge in [0.05, 0.1) is 17.4 Å². The maximum absolute atomic E-state index is 12.8. The lowest BCUT2D eigenvalue weighted by molar-refractivity contribution is -0.133. The van der Waals surface area contributed by atoms with Crippen LogP contribution in [0.15, 0.2) is 29.1 Å². The zero-order valence-corrected chi connectivity index (χ0v) is 16.4. The Bertz CT molecular complexity index is 856. The van der Waals surface area contributed by atoms with Crippen LogP contribution in [-0.4, -0.2) is 39.4 Å². The molecule has 2 atom stereocenters. The molecule has 0 saturated carbocycles. The van der Waals surface area contributed by atoms with E-state index in [1.807, 2.05) is 25.1 Å². The minimum atomic E-state index is -0.149. The van der Waals surface area contributed by atoms with Crippen molar-refractivity contribution in [1.82, 2.24) is 20.2 Å².